The molecule has 1 aliphatic heterocycles. The summed E-state index contributed by atoms with van der Waals surface area (Å²) in [6.07, 6.45) is 0. The summed E-state index contributed by atoms with van der Waals surface area (Å²) in [5, 5.41) is 7.73. The molecule has 0 bridgehead atoms. The number of halogens is 1. The molecule has 2 aromatic rings. The van der Waals surface area contributed by atoms with Crippen LogP contribution in [0.3, 0.4) is 0 Å². The molecule has 5 nitrogen and oxygen atoms in total. The van der Waals surface area contributed by atoms with Crippen LogP contribution in [0.1, 0.15) is 5.56 Å². The van der Waals surface area contributed by atoms with E-state index >= 15 is 0 Å². The SMILES string of the molecule is CN=C(NCc1ccsc1)N1CCN(c2cccc(OC)c2)CC1.I. The number of hydrogen-bond donors (Lipinski definition) is 1. The van der Waals surface area contributed by atoms with E-state index in [1.54, 1.807) is 18.4 Å². The second-order valence-corrected chi connectivity index (χ2v) is 6.49. The van der Waals surface area contributed by atoms with Crippen molar-refractivity contribution in [2.75, 3.05) is 45.2 Å². The number of nitrogens with one attached hydrogen (secondary N) is 1. The van der Waals surface area contributed by atoms with E-state index in [-0.39, 0.29) is 24.0 Å². The van der Waals surface area contributed by atoms with Gasteiger partial charge in [-0.1, -0.05) is 6.07 Å². The molecule has 2 heterocycles. The maximum absolute atomic E-state index is 5.32. The highest BCUT2D eigenvalue weighted by Gasteiger charge is 2.20. The summed E-state index contributed by atoms with van der Waals surface area (Å²) in [7, 11) is 3.56. The number of hydrogen-bond acceptors (Lipinski definition) is 4. The molecule has 0 radical (unpaired) electrons. The Kier molecular flexibility index (Phi) is 7.83. The summed E-state index contributed by atoms with van der Waals surface area (Å²) < 4.78 is 5.32. The highest BCUT2D eigenvalue weighted by Crippen LogP contribution is 2.22. The molecule has 1 aromatic carbocycles. The minimum absolute atomic E-state index is 0. The Morgan fingerprint density at radius 2 is 2.04 bits per heavy atom. The molecule has 1 saturated heterocycles. The number of aliphatic imine (C=N–C) groups is 1. The van der Waals surface area contributed by atoms with Gasteiger partial charge in [0.2, 0.25) is 0 Å². The van der Waals surface area contributed by atoms with E-state index in [4.69, 9.17) is 4.74 Å². The first-order chi connectivity index (χ1) is 11.8. The fraction of sp³-hybridized carbons (Fsp3) is 0.389. The molecule has 0 spiro atoms. The number of thiophene rings is 1. The van der Waals surface area contributed by atoms with Crippen LogP contribution in [0, 0.1) is 0 Å². The van der Waals surface area contributed by atoms with Gasteiger partial charge in [0.05, 0.1) is 7.11 Å². The van der Waals surface area contributed by atoms with Crippen LogP contribution < -0.4 is 15.0 Å². The summed E-state index contributed by atoms with van der Waals surface area (Å²) >= 11 is 1.72. The maximum atomic E-state index is 5.32. The molecule has 0 saturated carbocycles. The van der Waals surface area contributed by atoms with E-state index in [2.05, 4.69) is 49.1 Å². The van der Waals surface area contributed by atoms with Crippen molar-refractivity contribution in [1.29, 1.82) is 0 Å². The summed E-state index contributed by atoms with van der Waals surface area (Å²) in [6.45, 7) is 4.70. The van der Waals surface area contributed by atoms with Crippen molar-refractivity contribution in [1.82, 2.24) is 10.2 Å². The molecule has 7 heteroatoms. The molecular weight excluding hydrogens is 447 g/mol. The van der Waals surface area contributed by atoms with Crippen molar-refractivity contribution in [3.8, 4) is 5.75 Å². The molecule has 0 unspecified atom stereocenters. The van der Waals surface area contributed by atoms with Gasteiger partial charge in [-0.3, -0.25) is 4.99 Å². The molecule has 1 aromatic heterocycles. The Hall–Kier alpha value is -1.48. The van der Waals surface area contributed by atoms with E-state index in [1.165, 1.54) is 11.3 Å². The van der Waals surface area contributed by atoms with Crippen LogP contribution in [0.4, 0.5) is 5.69 Å². The van der Waals surface area contributed by atoms with Gasteiger partial charge in [0, 0.05) is 51.5 Å². The fourth-order valence-corrected chi connectivity index (χ4v) is 3.56. The largest absolute Gasteiger partial charge is 0.497 e. The summed E-state index contributed by atoms with van der Waals surface area (Å²) in [5.41, 5.74) is 2.52. The number of nitrogens with zero attached hydrogens (tertiary/aromatic N) is 3. The van der Waals surface area contributed by atoms with Crippen molar-refractivity contribution >= 4 is 47.0 Å². The molecule has 3 rings (SSSR count). The number of benzene rings is 1. The zero-order chi connectivity index (χ0) is 16.8. The van der Waals surface area contributed by atoms with Gasteiger partial charge in [-0.25, -0.2) is 0 Å². The van der Waals surface area contributed by atoms with E-state index in [9.17, 15) is 0 Å². The third-order valence-corrected chi connectivity index (χ3v) is 4.97. The minimum atomic E-state index is 0. The molecule has 1 aliphatic rings. The molecule has 0 amide bonds. The summed E-state index contributed by atoms with van der Waals surface area (Å²) in [6, 6.07) is 10.4. The van der Waals surface area contributed by atoms with Crippen LogP contribution in [0.2, 0.25) is 0 Å². The predicted molar refractivity (Wildman–Crippen MR) is 117 cm³/mol. The van der Waals surface area contributed by atoms with Crippen molar-refractivity contribution < 1.29 is 4.74 Å². The average molecular weight is 472 g/mol. The second-order valence-electron chi connectivity index (χ2n) is 5.71. The molecule has 136 valence electrons. The van der Waals surface area contributed by atoms with Crippen molar-refractivity contribution in [2.24, 2.45) is 4.99 Å². The Morgan fingerprint density at radius 3 is 2.68 bits per heavy atom. The summed E-state index contributed by atoms with van der Waals surface area (Å²) in [5.74, 6) is 1.88. The fourth-order valence-electron chi connectivity index (χ4n) is 2.89. The van der Waals surface area contributed by atoms with Gasteiger partial charge in [-0.15, -0.1) is 24.0 Å². The number of piperazine rings is 1. The molecule has 0 atom stereocenters. The highest BCUT2D eigenvalue weighted by molar-refractivity contribution is 14.0. The van der Waals surface area contributed by atoms with Gasteiger partial charge >= 0.3 is 0 Å². The first-order valence-electron chi connectivity index (χ1n) is 8.16. The highest BCUT2D eigenvalue weighted by atomic mass is 127. The molecule has 25 heavy (non-hydrogen) atoms. The van der Waals surface area contributed by atoms with Crippen LogP contribution in [0.5, 0.6) is 5.75 Å². The van der Waals surface area contributed by atoms with Gasteiger partial charge in [0.1, 0.15) is 5.75 Å². The molecule has 0 aliphatic carbocycles. The minimum Gasteiger partial charge on any atom is -0.497 e. The topological polar surface area (TPSA) is 40.1 Å². The van der Waals surface area contributed by atoms with Crippen molar-refractivity contribution in [2.45, 2.75) is 6.54 Å². The van der Waals surface area contributed by atoms with E-state index < -0.39 is 0 Å². The van der Waals surface area contributed by atoms with Gasteiger partial charge in [-0.2, -0.15) is 11.3 Å². The zero-order valence-corrected chi connectivity index (χ0v) is 17.8. The van der Waals surface area contributed by atoms with E-state index in [0.717, 1.165) is 44.4 Å². The number of rotatable bonds is 4. The van der Waals surface area contributed by atoms with Gasteiger partial charge in [-0.05, 0) is 34.5 Å². The lowest BCUT2D eigenvalue weighted by molar-refractivity contribution is 0.372. The van der Waals surface area contributed by atoms with Gasteiger partial charge in [0.25, 0.3) is 0 Å². The number of ether oxygens (including phenoxy) is 1. The Morgan fingerprint density at radius 1 is 1.24 bits per heavy atom. The second kappa shape index (κ2) is 9.86. The van der Waals surface area contributed by atoms with Crippen LogP contribution in [-0.4, -0.2) is 51.2 Å². The van der Waals surface area contributed by atoms with Gasteiger partial charge in [0.15, 0.2) is 5.96 Å². The monoisotopic (exact) mass is 472 g/mol. The third-order valence-electron chi connectivity index (χ3n) is 4.24. The smallest absolute Gasteiger partial charge is 0.194 e. The molecule has 1 N–H and O–H groups in total. The average Bonchev–Trinajstić information content (AvgIpc) is 3.16. The van der Waals surface area contributed by atoms with Crippen molar-refractivity contribution in [3.05, 3.63) is 46.7 Å². The van der Waals surface area contributed by atoms with Crippen molar-refractivity contribution in [3.63, 3.8) is 0 Å². The van der Waals surface area contributed by atoms with Gasteiger partial charge < -0.3 is 19.9 Å². The Bertz CT molecular complexity index is 669. The first-order valence-corrected chi connectivity index (χ1v) is 9.10. The number of guanidine groups is 1. The standard InChI is InChI=1S/C18H24N4OS.HI/c1-19-18(20-13-15-6-11-24-14-15)22-9-7-21(8-10-22)16-4-3-5-17(12-16)23-2;/h3-6,11-12,14H,7-10,13H2,1-2H3,(H,19,20);1H. The predicted octanol–water partition coefficient (Wildman–Crippen LogP) is 3.27. The lowest BCUT2D eigenvalue weighted by Crippen LogP contribution is -2.52. The van der Waals surface area contributed by atoms with Crippen LogP contribution in [-0.2, 0) is 6.54 Å². The lowest BCUT2D eigenvalue weighted by atomic mass is 10.2. The third kappa shape index (κ3) is 5.24. The number of anilines is 1. The number of methoxy groups -OCH3 is 1. The van der Waals surface area contributed by atoms with Crippen LogP contribution in [0.25, 0.3) is 0 Å². The quantitative estimate of drug-likeness (QED) is 0.422. The Labute approximate surface area is 170 Å². The van der Waals surface area contributed by atoms with Crippen LogP contribution in [0.15, 0.2) is 46.1 Å². The molecular formula is C18H25IN4OS. The summed E-state index contributed by atoms with van der Waals surface area (Å²) in [4.78, 5) is 9.15. The van der Waals surface area contributed by atoms with E-state index in [1.807, 2.05) is 19.2 Å². The zero-order valence-electron chi connectivity index (χ0n) is 14.6. The molecule has 1 fully saturated rings. The normalized spacial score (nSPS) is 14.9. The Balaban J connectivity index is 0.00000225. The van der Waals surface area contributed by atoms with E-state index in [0.29, 0.717) is 0 Å². The van der Waals surface area contributed by atoms with Crippen LogP contribution >= 0.6 is 35.3 Å². The lowest BCUT2D eigenvalue weighted by Gasteiger charge is -2.37. The maximum Gasteiger partial charge on any atom is 0.194 e. The first kappa shape index (κ1) is 19.8.